The number of hydrogen-bond acceptors (Lipinski definition) is 4. The molecule has 1 heterocycles. The molecule has 0 saturated carbocycles. The van der Waals surface area contributed by atoms with Crippen molar-refractivity contribution in [3.8, 4) is 0 Å². The number of aromatic nitrogens is 2. The fraction of sp³-hybridized carbons (Fsp3) is 0.167. The first-order valence-corrected chi connectivity index (χ1v) is 3.46. The van der Waals surface area contributed by atoms with Crippen LogP contribution in [0.2, 0.25) is 5.02 Å². The Balaban J connectivity index is 3.17. The Labute approximate surface area is 73.4 Å². The zero-order valence-electron chi connectivity index (χ0n) is 6.21. The van der Waals surface area contributed by atoms with Crippen LogP contribution in [0.25, 0.3) is 0 Å². The lowest BCUT2D eigenvalue weighted by Crippen LogP contribution is -2.05. The largest absolute Gasteiger partial charge is 0.476 e. The molecule has 0 aliphatic carbocycles. The second-order valence-electron chi connectivity index (χ2n) is 1.95. The molecular formula is C6H6ClN3O2. The molecule has 0 fully saturated rings. The summed E-state index contributed by atoms with van der Waals surface area (Å²) < 4.78 is 0. The van der Waals surface area contributed by atoms with E-state index in [2.05, 4.69) is 15.3 Å². The summed E-state index contributed by atoms with van der Waals surface area (Å²) in [5.41, 5.74) is -0.198. The van der Waals surface area contributed by atoms with Gasteiger partial charge in [0.1, 0.15) is 0 Å². The van der Waals surface area contributed by atoms with Gasteiger partial charge in [0.25, 0.3) is 0 Å². The lowest BCUT2D eigenvalue weighted by atomic mass is 10.4. The number of anilines is 1. The van der Waals surface area contributed by atoms with Crippen molar-refractivity contribution in [2.24, 2.45) is 0 Å². The maximum Gasteiger partial charge on any atom is 0.356 e. The molecule has 0 saturated heterocycles. The average molecular weight is 188 g/mol. The van der Waals surface area contributed by atoms with E-state index in [1.54, 1.807) is 7.05 Å². The maximum absolute atomic E-state index is 10.5. The molecular weight excluding hydrogens is 182 g/mol. The van der Waals surface area contributed by atoms with Crippen LogP contribution < -0.4 is 5.32 Å². The van der Waals surface area contributed by atoms with Crippen molar-refractivity contribution in [2.45, 2.75) is 0 Å². The Morgan fingerprint density at radius 3 is 2.92 bits per heavy atom. The molecule has 0 amide bonds. The first-order chi connectivity index (χ1) is 5.65. The molecule has 0 spiro atoms. The van der Waals surface area contributed by atoms with Gasteiger partial charge in [0, 0.05) is 7.05 Å². The summed E-state index contributed by atoms with van der Waals surface area (Å²) >= 11 is 5.51. The van der Waals surface area contributed by atoms with Gasteiger partial charge in [-0.15, -0.1) is 0 Å². The molecule has 0 bridgehead atoms. The zero-order chi connectivity index (χ0) is 9.14. The number of carboxylic acid groups (broad SMARTS) is 1. The van der Waals surface area contributed by atoms with Crippen molar-refractivity contribution in [1.29, 1.82) is 0 Å². The highest BCUT2D eigenvalue weighted by Crippen LogP contribution is 2.13. The highest BCUT2D eigenvalue weighted by Gasteiger charge is 2.11. The predicted octanol–water partition coefficient (Wildman–Crippen LogP) is 0.870. The van der Waals surface area contributed by atoms with Gasteiger partial charge in [0.15, 0.2) is 5.69 Å². The van der Waals surface area contributed by atoms with Gasteiger partial charge in [-0.25, -0.2) is 14.8 Å². The Hall–Kier alpha value is -1.36. The van der Waals surface area contributed by atoms with Crippen LogP contribution in [-0.2, 0) is 0 Å². The van der Waals surface area contributed by atoms with Gasteiger partial charge in [-0.05, 0) is 0 Å². The average Bonchev–Trinajstić information content (AvgIpc) is 2.05. The van der Waals surface area contributed by atoms with Crippen LogP contribution in [0, 0.1) is 0 Å². The predicted molar refractivity (Wildman–Crippen MR) is 43.5 cm³/mol. The topological polar surface area (TPSA) is 75.1 Å². The van der Waals surface area contributed by atoms with E-state index in [9.17, 15) is 4.79 Å². The van der Waals surface area contributed by atoms with Crippen LogP contribution in [0.15, 0.2) is 6.20 Å². The third-order valence-corrected chi connectivity index (χ3v) is 1.45. The minimum atomic E-state index is -1.17. The molecule has 2 N–H and O–H groups in total. The van der Waals surface area contributed by atoms with Crippen molar-refractivity contribution in [2.75, 3.05) is 12.4 Å². The van der Waals surface area contributed by atoms with Crippen LogP contribution in [0.4, 0.5) is 5.95 Å². The van der Waals surface area contributed by atoms with Crippen molar-refractivity contribution >= 4 is 23.5 Å². The molecule has 12 heavy (non-hydrogen) atoms. The third kappa shape index (κ3) is 1.62. The van der Waals surface area contributed by atoms with Crippen molar-refractivity contribution in [3.05, 3.63) is 16.9 Å². The number of carboxylic acids is 1. The minimum absolute atomic E-state index is 0.0292. The van der Waals surface area contributed by atoms with E-state index in [1.165, 1.54) is 6.20 Å². The Bertz CT molecular complexity index is 316. The van der Waals surface area contributed by atoms with Crippen LogP contribution in [-0.4, -0.2) is 28.1 Å². The highest BCUT2D eigenvalue weighted by molar-refractivity contribution is 6.33. The molecule has 1 rings (SSSR count). The summed E-state index contributed by atoms with van der Waals surface area (Å²) in [5, 5.41) is 11.2. The summed E-state index contributed by atoms with van der Waals surface area (Å²) in [7, 11) is 1.59. The van der Waals surface area contributed by atoms with Gasteiger partial charge < -0.3 is 10.4 Å². The summed E-state index contributed by atoms with van der Waals surface area (Å²) in [5.74, 6) is -0.935. The first kappa shape index (κ1) is 8.73. The third-order valence-electron chi connectivity index (χ3n) is 1.17. The Kier molecular flexibility index (Phi) is 2.44. The normalized spacial score (nSPS) is 9.50. The van der Waals surface area contributed by atoms with Gasteiger partial charge in [0.05, 0.1) is 11.2 Å². The second kappa shape index (κ2) is 3.36. The number of rotatable bonds is 2. The molecule has 0 unspecified atom stereocenters. The van der Waals surface area contributed by atoms with E-state index in [0.29, 0.717) is 0 Å². The Morgan fingerprint density at radius 2 is 2.42 bits per heavy atom. The number of nitrogens with one attached hydrogen (secondary N) is 1. The van der Waals surface area contributed by atoms with Crippen LogP contribution in [0.3, 0.4) is 0 Å². The minimum Gasteiger partial charge on any atom is -0.476 e. The first-order valence-electron chi connectivity index (χ1n) is 3.08. The lowest BCUT2D eigenvalue weighted by molar-refractivity contribution is 0.0690. The fourth-order valence-electron chi connectivity index (χ4n) is 0.638. The molecule has 5 nitrogen and oxygen atoms in total. The molecule has 1 aromatic heterocycles. The SMILES string of the molecule is CNc1ncc(Cl)c(C(=O)O)n1. The molecule has 0 atom stereocenters. The molecule has 1 aromatic rings. The fourth-order valence-corrected chi connectivity index (χ4v) is 0.809. The van der Waals surface area contributed by atoms with E-state index in [4.69, 9.17) is 16.7 Å². The molecule has 0 aromatic carbocycles. The van der Waals surface area contributed by atoms with Gasteiger partial charge in [-0.2, -0.15) is 0 Å². The van der Waals surface area contributed by atoms with Gasteiger partial charge in [-0.1, -0.05) is 11.6 Å². The van der Waals surface area contributed by atoms with Gasteiger partial charge in [-0.3, -0.25) is 0 Å². The van der Waals surface area contributed by atoms with E-state index in [0.717, 1.165) is 0 Å². The van der Waals surface area contributed by atoms with Crippen LogP contribution >= 0.6 is 11.6 Å². The van der Waals surface area contributed by atoms with E-state index in [1.807, 2.05) is 0 Å². The summed E-state index contributed by atoms with van der Waals surface area (Å²) in [6.45, 7) is 0. The van der Waals surface area contributed by atoms with Crippen molar-refractivity contribution < 1.29 is 9.90 Å². The van der Waals surface area contributed by atoms with Gasteiger partial charge in [0.2, 0.25) is 5.95 Å². The number of nitrogens with zero attached hydrogens (tertiary/aromatic N) is 2. The van der Waals surface area contributed by atoms with Crippen molar-refractivity contribution in [3.63, 3.8) is 0 Å². The van der Waals surface area contributed by atoms with E-state index in [-0.39, 0.29) is 16.7 Å². The van der Waals surface area contributed by atoms with Crippen molar-refractivity contribution in [1.82, 2.24) is 9.97 Å². The van der Waals surface area contributed by atoms with Crippen LogP contribution in [0.1, 0.15) is 10.5 Å². The second-order valence-corrected chi connectivity index (χ2v) is 2.35. The molecule has 0 aliphatic rings. The Morgan fingerprint density at radius 1 is 1.75 bits per heavy atom. The number of hydrogen-bond donors (Lipinski definition) is 2. The van der Waals surface area contributed by atoms with E-state index >= 15 is 0 Å². The van der Waals surface area contributed by atoms with Gasteiger partial charge >= 0.3 is 5.97 Å². The molecule has 0 aliphatic heterocycles. The van der Waals surface area contributed by atoms with Crippen LogP contribution in [0.5, 0.6) is 0 Å². The number of aromatic carboxylic acids is 1. The standard InChI is InChI=1S/C6H6ClN3O2/c1-8-6-9-2-3(7)4(10-6)5(11)12/h2H,1H3,(H,11,12)(H,8,9,10). The highest BCUT2D eigenvalue weighted by atomic mass is 35.5. The number of carbonyl (C=O) groups is 1. The molecule has 64 valence electrons. The molecule has 6 heteroatoms. The van der Waals surface area contributed by atoms with E-state index < -0.39 is 5.97 Å². The zero-order valence-corrected chi connectivity index (χ0v) is 6.96. The summed E-state index contributed by atoms with van der Waals surface area (Å²) in [6, 6.07) is 0. The monoisotopic (exact) mass is 187 g/mol. The summed E-state index contributed by atoms with van der Waals surface area (Å²) in [6.07, 6.45) is 1.24. The summed E-state index contributed by atoms with van der Waals surface area (Å²) in [4.78, 5) is 17.8. The lowest BCUT2D eigenvalue weighted by Gasteiger charge is -2.00. The number of halogens is 1. The quantitative estimate of drug-likeness (QED) is 0.719. The maximum atomic E-state index is 10.5. The smallest absolute Gasteiger partial charge is 0.356 e. The molecule has 0 radical (unpaired) electrons.